The monoisotopic (exact) mass is 477 g/mol. The van der Waals surface area contributed by atoms with Crippen molar-refractivity contribution in [3.8, 4) is 0 Å². The maximum Gasteiger partial charge on any atom is 0.329 e. The molecule has 1 saturated heterocycles. The molecule has 176 valence electrons. The molecule has 0 aliphatic carbocycles. The molecule has 1 fully saturated rings. The van der Waals surface area contributed by atoms with Crippen LogP contribution in [0.1, 0.15) is 15.2 Å². The predicted octanol–water partition coefficient (Wildman–Crippen LogP) is 2.98. The van der Waals surface area contributed by atoms with Crippen LogP contribution in [0.15, 0.2) is 78.2 Å². The highest BCUT2D eigenvalue weighted by molar-refractivity contribution is 7.12. The summed E-state index contributed by atoms with van der Waals surface area (Å²) in [5, 5.41) is 4.56. The van der Waals surface area contributed by atoms with Gasteiger partial charge in [0.2, 0.25) is 0 Å². The van der Waals surface area contributed by atoms with E-state index in [0.717, 1.165) is 24.3 Å². The largest absolute Gasteiger partial charge is 0.454 e. The minimum absolute atomic E-state index is 0.232. The van der Waals surface area contributed by atoms with Gasteiger partial charge in [-0.15, -0.1) is 11.3 Å². The van der Waals surface area contributed by atoms with Crippen LogP contribution in [-0.2, 0) is 20.7 Å². The van der Waals surface area contributed by atoms with E-state index < -0.39 is 12.0 Å². The van der Waals surface area contributed by atoms with E-state index in [1.54, 1.807) is 22.4 Å². The lowest BCUT2D eigenvalue weighted by Gasteiger charge is -2.36. The van der Waals surface area contributed by atoms with Crippen LogP contribution in [-0.4, -0.2) is 61.5 Å². The third-order valence-corrected chi connectivity index (χ3v) is 6.58. The number of rotatable bonds is 8. The molecule has 2 amide bonds. The average Bonchev–Trinajstić information content (AvgIpc) is 3.43. The van der Waals surface area contributed by atoms with Crippen LogP contribution in [0.4, 0.5) is 5.69 Å². The zero-order valence-corrected chi connectivity index (χ0v) is 19.6. The van der Waals surface area contributed by atoms with E-state index in [9.17, 15) is 14.4 Å². The summed E-state index contributed by atoms with van der Waals surface area (Å²) < 4.78 is 5.37. The maximum absolute atomic E-state index is 12.9. The molecule has 7 nitrogen and oxygen atoms in total. The Morgan fingerprint density at radius 2 is 1.56 bits per heavy atom. The quantitative estimate of drug-likeness (QED) is 0.505. The smallest absolute Gasteiger partial charge is 0.329 e. The molecule has 0 bridgehead atoms. The number of para-hydroxylation sites is 1. The van der Waals surface area contributed by atoms with Crippen LogP contribution in [0, 0.1) is 0 Å². The molecule has 0 saturated carbocycles. The lowest BCUT2D eigenvalue weighted by atomic mass is 10.1. The topological polar surface area (TPSA) is 78.9 Å². The summed E-state index contributed by atoms with van der Waals surface area (Å²) in [5.41, 5.74) is 2.02. The first-order valence-corrected chi connectivity index (χ1v) is 12.1. The van der Waals surface area contributed by atoms with E-state index in [-0.39, 0.29) is 24.8 Å². The fourth-order valence-electron chi connectivity index (χ4n) is 3.86. The summed E-state index contributed by atoms with van der Waals surface area (Å²) in [6.07, 6.45) is 0.279. The van der Waals surface area contributed by atoms with Crippen LogP contribution in [0.25, 0.3) is 0 Å². The minimum atomic E-state index is -0.889. The highest BCUT2D eigenvalue weighted by atomic mass is 32.1. The Morgan fingerprint density at radius 1 is 0.882 bits per heavy atom. The van der Waals surface area contributed by atoms with Crippen molar-refractivity contribution < 1.29 is 19.1 Å². The van der Waals surface area contributed by atoms with Gasteiger partial charge in [0.15, 0.2) is 6.61 Å². The summed E-state index contributed by atoms with van der Waals surface area (Å²) in [7, 11) is 0. The number of ether oxygens (including phenoxy) is 1. The number of anilines is 1. The van der Waals surface area contributed by atoms with Gasteiger partial charge in [0.1, 0.15) is 6.04 Å². The molecular weight excluding hydrogens is 450 g/mol. The molecule has 4 rings (SSSR count). The third kappa shape index (κ3) is 6.23. The third-order valence-electron chi connectivity index (χ3n) is 5.71. The van der Waals surface area contributed by atoms with Crippen LogP contribution < -0.4 is 10.2 Å². The molecule has 2 heterocycles. The van der Waals surface area contributed by atoms with Gasteiger partial charge in [-0.25, -0.2) is 4.79 Å². The van der Waals surface area contributed by atoms with Crippen molar-refractivity contribution in [2.24, 2.45) is 0 Å². The molecule has 1 aromatic heterocycles. The number of hydrogen-bond acceptors (Lipinski definition) is 6. The standard InChI is InChI=1S/C26H27N3O4S/c30-24(29-15-13-28(14-16-29)21-10-5-2-6-11-21)19-33-26(32)22(18-20-8-3-1-4-9-20)27-25(31)23-12-7-17-34-23/h1-12,17,22H,13-16,18-19H2,(H,27,31). The van der Waals surface area contributed by atoms with E-state index >= 15 is 0 Å². The maximum atomic E-state index is 12.9. The van der Waals surface area contributed by atoms with Gasteiger partial charge in [0, 0.05) is 38.3 Å². The number of esters is 1. The molecule has 1 aliphatic heterocycles. The van der Waals surface area contributed by atoms with Gasteiger partial charge < -0.3 is 19.9 Å². The van der Waals surface area contributed by atoms with E-state index in [2.05, 4.69) is 22.3 Å². The first-order valence-electron chi connectivity index (χ1n) is 11.2. The van der Waals surface area contributed by atoms with Crippen molar-refractivity contribution in [2.45, 2.75) is 12.5 Å². The average molecular weight is 478 g/mol. The molecule has 1 N–H and O–H groups in total. The van der Waals surface area contributed by atoms with Crippen molar-refractivity contribution in [1.82, 2.24) is 10.2 Å². The number of nitrogens with zero attached hydrogens (tertiary/aromatic N) is 2. The van der Waals surface area contributed by atoms with Gasteiger partial charge in [-0.1, -0.05) is 54.6 Å². The fourth-order valence-corrected chi connectivity index (χ4v) is 4.48. The first-order chi connectivity index (χ1) is 16.6. The number of hydrogen-bond donors (Lipinski definition) is 1. The van der Waals surface area contributed by atoms with E-state index in [0.29, 0.717) is 18.0 Å². The first kappa shape index (κ1) is 23.5. The Balaban J connectivity index is 1.31. The predicted molar refractivity (Wildman–Crippen MR) is 132 cm³/mol. The van der Waals surface area contributed by atoms with Crippen LogP contribution in [0.2, 0.25) is 0 Å². The second kappa shape index (κ2) is 11.5. The Bertz CT molecular complexity index is 1080. The van der Waals surface area contributed by atoms with Gasteiger partial charge in [0.05, 0.1) is 4.88 Å². The SMILES string of the molecule is O=C(NC(Cc1ccccc1)C(=O)OCC(=O)N1CCN(c2ccccc2)CC1)c1cccs1. The van der Waals surface area contributed by atoms with Gasteiger partial charge in [-0.3, -0.25) is 9.59 Å². The zero-order valence-electron chi connectivity index (χ0n) is 18.8. The lowest BCUT2D eigenvalue weighted by Crippen LogP contribution is -2.50. The van der Waals surface area contributed by atoms with E-state index in [1.807, 2.05) is 48.5 Å². The number of amides is 2. The van der Waals surface area contributed by atoms with Crippen molar-refractivity contribution in [3.05, 3.63) is 88.6 Å². The number of benzene rings is 2. The second-order valence-electron chi connectivity index (χ2n) is 8.00. The Kier molecular flexibility index (Phi) is 7.93. The van der Waals surface area contributed by atoms with Crippen molar-refractivity contribution in [2.75, 3.05) is 37.7 Å². The van der Waals surface area contributed by atoms with Gasteiger partial charge >= 0.3 is 5.97 Å². The van der Waals surface area contributed by atoms with Gasteiger partial charge in [-0.05, 0) is 29.1 Å². The molecular formula is C26H27N3O4S. The molecule has 34 heavy (non-hydrogen) atoms. The van der Waals surface area contributed by atoms with Crippen molar-refractivity contribution in [1.29, 1.82) is 0 Å². The Morgan fingerprint density at radius 3 is 2.21 bits per heavy atom. The molecule has 8 heteroatoms. The minimum Gasteiger partial charge on any atom is -0.454 e. The Hall–Kier alpha value is -3.65. The number of nitrogens with one attached hydrogen (secondary N) is 1. The molecule has 1 unspecified atom stereocenters. The van der Waals surface area contributed by atoms with Gasteiger partial charge in [0.25, 0.3) is 11.8 Å². The summed E-state index contributed by atoms with van der Waals surface area (Å²) >= 11 is 1.30. The Labute approximate surface area is 202 Å². The number of thiophene rings is 1. The molecule has 0 radical (unpaired) electrons. The highest BCUT2D eigenvalue weighted by Gasteiger charge is 2.27. The fraction of sp³-hybridized carbons (Fsp3) is 0.269. The molecule has 1 aliphatic rings. The number of carbonyl (C=O) groups excluding carboxylic acids is 3. The molecule has 2 aromatic carbocycles. The van der Waals surface area contributed by atoms with Crippen molar-refractivity contribution in [3.63, 3.8) is 0 Å². The van der Waals surface area contributed by atoms with Gasteiger partial charge in [-0.2, -0.15) is 0 Å². The summed E-state index contributed by atoms with van der Waals surface area (Å²) in [4.78, 5) is 42.6. The summed E-state index contributed by atoms with van der Waals surface area (Å²) in [6.45, 7) is 2.22. The summed E-state index contributed by atoms with van der Waals surface area (Å²) in [6, 6.07) is 22.1. The lowest BCUT2D eigenvalue weighted by molar-refractivity contribution is -0.153. The van der Waals surface area contributed by atoms with Crippen LogP contribution in [0.5, 0.6) is 0 Å². The molecule has 0 spiro atoms. The normalized spacial score (nSPS) is 14.4. The van der Waals surface area contributed by atoms with E-state index in [1.165, 1.54) is 11.3 Å². The number of piperazine rings is 1. The highest BCUT2D eigenvalue weighted by Crippen LogP contribution is 2.16. The number of carbonyl (C=O) groups is 3. The molecule has 3 aromatic rings. The zero-order chi connectivity index (χ0) is 23.8. The van der Waals surface area contributed by atoms with Crippen LogP contribution in [0.3, 0.4) is 0 Å². The second-order valence-corrected chi connectivity index (χ2v) is 8.95. The van der Waals surface area contributed by atoms with Crippen molar-refractivity contribution >= 4 is 34.8 Å². The summed E-state index contributed by atoms with van der Waals surface area (Å²) in [5.74, 6) is -1.19. The van der Waals surface area contributed by atoms with Crippen LogP contribution >= 0.6 is 11.3 Å². The molecule has 1 atom stereocenters. The van der Waals surface area contributed by atoms with E-state index in [4.69, 9.17) is 4.74 Å².